The lowest BCUT2D eigenvalue weighted by Gasteiger charge is -2.25. The van der Waals surface area contributed by atoms with Crippen molar-refractivity contribution in [1.29, 1.82) is 0 Å². The molecule has 1 atom stereocenters. The quantitative estimate of drug-likeness (QED) is 0.394. The molecule has 37 heavy (non-hydrogen) atoms. The van der Waals surface area contributed by atoms with Gasteiger partial charge in [0.1, 0.15) is 10.7 Å². The van der Waals surface area contributed by atoms with Gasteiger partial charge in [-0.3, -0.25) is 9.59 Å². The molecule has 0 aliphatic carbocycles. The van der Waals surface area contributed by atoms with Gasteiger partial charge in [-0.1, -0.05) is 60.2 Å². The Labute approximate surface area is 223 Å². The molecule has 0 saturated heterocycles. The summed E-state index contributed by atoms with van der Waals surface area (Å²) in [6.07, 6.45) is 1.60. The van der Waals surface area contributed by atoms with E-state index >= 15 is 0 Å². The molecule has 0 saturated carbocycles. The Morgan fingerprint density at radius 3 is 2.30 bits per heavy atom. The molecule has 8 nitrogen and oxygen atoms in total. The number of nitrogens with zero attached hydrogens (tertiary/aromatic N) is 3. The van der Waals surface area contributed by atoms with Gasteiger partial charge < -0.3 is 4.90 Å². The molecule has 1 N–H and O–H groups in total. The van der Waals surface area contributed by atoms with Gasteiger partial charge in [-0.15, -0.1) is 11.3 Å². The molecular weight excluding hydrogens is 508 g/mol. The first-order chi connectivity index (χ1) is 17.5. The van der Waals surface area contributed by atoms with Gasteiger partial charge in [0.25, 0.3) is 5.91 Å². The SMILES string of the molecule is Cc1ccc(C(C)C(=O)N(CCCc2ccccc2)Cc2nc(C(=O)NS(=O)(=O)N(C)C)c(C)s2)cc1. The minimum atomic E-state index is -3.94. The number of carbonyl (C=O) groups excluding carboxylic acids is 2. The monoisotopic (exact) mass is 542 g/mol. The second-order valence-corrected chi connectivity index (χ2v) is 12.4. The number of aromatic nitrogens is 1. The molecule has 1 heterocycles. The molecule has 1 aromatic heterocycles. The van der Waals surface area contributed by atoms with E-state index in [0.29, 0.717) is 16.4 Å². The standard InChI is InChI=1S/C27H34N4O4S2/c1-19-13-15-23(16-14-19)20(2)27(33)31(17-9-12-22-10-7-6-8-11-22)18-24-28-25(21(3)36-24)26(32)29-37(34,35)30(4)5/h6-8,10-11,13-16,20H,9,12,17-18H2,1-5H3,(H,29,32). The summed E-state index contributed by atoms with van der Waals surface area (Å²) < 4.78 is 27.1. The zero-order chi connectivity index (χ0) is 27.2. The summed E-state index contributed by atoms with van der Waals surface area (Å²) in [5, 5.41) is 0.578. The van der Waals surface area contributed by atoms with Crippen molar-refractivity contribution in [3.05, 3.63) is 86.9 Å². The van der Waals surface area contributed by atoms with Crippen LogP contribution in [0.2, 0.25) is 0 Å². The summed E-state index contributed by atoms with van der Waals surface area (Å²) in [5.74, 6) is -1.15. The van der Waals surface area contributed by atoms with Gasteiger partial charge in [0, 0.05) is 25.5 Å². The Bertz CT molecular complexity index is 1320. The van der Waals surface area contributed by atoms with E-state index in [-0.39, 0.29) is 24.1 Å². The molecule has 0 bridgehead atoms. The number of hydrogen-bond acceptors (Lipinski definition) is 6. The van der Waals surface area contributed by atoms with Crippen molar-refractivity contribution < 1.29 is 18.0 Å². The van der Waals surface area contributed by atoms with E-state index in [0.717, 1.165) is 28.3 Å². The second-order valence-electron chi connectivity index (χ2n) is 9.21. The molecular formula is C27H34N4O4S2. The van der Waals surface area contributed by atoms with Crippen molar-refractivity contribution in [3.8, 4) is 0 Å². The van der Waals surface area contributed by atoms with E-state index in [4.69, 9.17) is 0 Å². The highest BCUT2D eigenvalue weighted by molar-refractivity contribution is 7.87. The normalized spacial score (nSPS) is 12.4. The van der Waals surface area contributed by atoms with Crippen molar-refractivity contribution in [1.82, 2.24) is 18.9 Å². The molecule has 3 rings (SSSR count). The third kappa shape index (κ3) is 7.70. The van der Waals surface area contributed by atoms with Crippen molar-refractivity contribution >= 4 is 33.4 Å². The van der Waals surface area contributed by atoms with Gasteiger partial charge in [-0.05, 0) is 44.7 Å². The van der Waals surface area contributed by atoms with Crippen molar-refractivity contribution in [2.45, 2.75) is 46.1 Å². The second kappa shape index (κ2) is 12.4. The van der Waals surface area contributed by atoms with E-state index < -0.39 is 16.1 Å². The zero-order valence-corrected chi connectivity index (χ0v) is 23.5. The number of aryl methyl sites for hydroxylation is 3. The van der Waals surface area contributed by atoms with Crippen molar-refractivity contribution in [3.63, 3.8) is 0 Å². The lowest BCUT2D eigenvalue weighted by Crippen LogP contribution is -2.39. The molecule has 3 aromatic rings. The van der Waals surface area contributed by atoms with Gasteiger partial charge in [0.2, 0.25) is 5.91 Å². The first-order valence-electron chi connectivity index (χ1n) is 12.1. The fourth-order valence-corrected chi connectivity index (χ4v) is 5.27. The number of nitrogens with one attached hydrogen (secondary N) is 1. The maximum absolute atomic E-state index is 13.6. The van der Waals surface area contributed by atoms with Gasteiger partial charge in [-0.25, -0.2) is 9.71 Å². The molecule has 0 spiro atoms. The maximum Gasteiger partial charge on any atom is 0.303 e. The highest BCUT2D eigenvalue weighted by atomic mass is 32.2. The van der Waals surface area contributed by atoms with Gasteiger partial charge in [-0.2, -0.15) is 12.7 Å². The van der Waals surface area contributed by atoms with Crippen LogP contribution in [0.3, 0.4) is 0 Å². The third-order valence-electron chi connectivity index (χ3n) is 6.08. The molecule has 1 unspecified atom stereocenters. The first-order valence-corrected chi connectivity index (χ1v) is 14.3. The summed E-state index contributed by atoms with van der Waals surface area (Å²) in [4.78, 5) is 33.0. The Morgan fingerprint density at radius 1 is 1.03 bits per heavy atom. The number of rotatable bonds is 11. The van der Waals surface area contributed by atoms with Crippen LogP contribution in [-0.2, 0) is 28.0 Å². The van der Waals surface area contributed by atoms with Crippen LogP contribution in [0.1, 0.15) is 56.3 Å². The number of thiazole rings is 1. The summed E-state index contributed by atoms with van der Waals surface area (Å²) >= 11 is 1.29. The molecule has 0 fully saturated rings. The first kappa shape index (κ1) is 28.5. The largest absolute Gasteiger partial charge is 0.335 e. The number of carbonyl (C=O) groups is 2. The summed E-state index contributed by atoms with van der Waals surface area (Å²) in [6.45, 7) is 6.39. The van der Waals surface area contributed by atoms with Crippen molar-refractivity contribution in [2.75, 3.05) is 20.6 Å². The highest BCUT2D eigenvalue weighted by Gasteiger charge is 2.26. The van der Waals surface area contributed by atoms with Crippen LogP contribution in [0.4, 0.5) is 0 Å². The molecule has 10 heteroatoms. The average Bonchev–Trinajstić information content (AvgIpc) is 3.23. The summed E-state index contributed by atoms with van der Waals surface area (Å²) in [5.41, 5.74) is 3.32. The maximum atomic E-state index is 13.6. The fraction of sp³-hybridized carbons (Fsp3) is 0.370. The Hall–Kier alpha value is -3.08. The number of hydrogen-bond donors (Lipinski definition) is 1. The minimum absolute atomic E-state index is 0.0223. The smallest absolute Gasteiger partial charge is 0.303 e. The van der Waals surface area contributed by atoms with Crippen LogP contribution in [0, 0.1) is 13.8 Å². The molecule has 0 aliphatic rings. The predicted octanol–water partition coefficient (Wildman–Crippen LogP) is 4.06. The molecule has 0 aliphatic heterocycles. The van der Waals surface area contributed by atoms with Crippen LogP contribution in [0.5, 0.6) is 0 Å². The summed E-state index contributed by atoms with van der Waals surface area (Å²) in [7, 11) is -1.27. The number of benzene rings is 2. The predicted molar refractivity (Wildman–Crippen MR) is 147 cm³/mol. The van der Waals surface area contributed by atoms with Gasteiger partial charge >= 0.3 is 10.2 Å². The van der Waals surface area contributed by atoms with Crippen LogP contribution in [-0.4, -0.2) is 55.1 Å². The fourth-order valence-electron chi connectivity index (χ4n) is 3.81. The number of amides is 2. The molecule has 2 amide bonds. The highest BCUT2D eigenvalue weighted by Crippen LogP contribution is 2.24. The van der Waals surface area contributed by atoms with E-state index in [1.165, 1.54) is 31.0 Å². The molecule has 2 aromatic carbocycles. The molecule has 0 radical (unpaired) electrons. The lowest BCUT2D eigenvalue weighted by molar-refractivity contribution is -0.133. The lowest BCUT2D eigenvalue weighted by atomic mass is 9.98. The third-order valence-corrected chi connectivity index (χ3v) is 8.44. The average molecular weight is 543 g/mol. The Balaban J connectivity index is 1.79. The van der Waals surface area contributed by atoms with E-state index in [1.807, 2.05) is 61.0 Å². The van der Waals surface area contributed by atoms with Crippen LogP contribution in [0.25, 0.3) is 0 Å². The minimum Gasteiger partial charge on any atom is -0.335 e. The van der Waals surface area contributed by atoms with Crippen LogP contribution >= 0.6 is 11.3 Å². The van der Waals surface area contributed by atoms with Crippen LogP contribution in [0.15, 0.2) is 54.6 Å². The van der Waals surface area contributed by atoms with E-state index in [2.05, 4.69) is 17.1 Å². The Morgan fingerprint density at radius 2 is 1.68 bits per heavy atom. The van der Waals surface area contributed by atoms with E-state index in [1.54, 1.807) is 11.8 Å². The van der Waals surface area contributed by atoms with Gasteiger partial charge in [0.15, 0.2) is 0 Å². The van der Waals surface area contributed by atoms with Crippen molar-refractivity contribution in [2.24, 2.45) is 0 Å². The van der Waals surface area contributed by atoms with Crippen LogP contribution < -0.4 is 4.72 Å². The Kier molecular flexibility index (Phi) is 9.58. The van der Waals surface area contributed by atoms with E-state index in [9.17, 15) is 18.0 Å². The summed E-state index contributed by atoms with van der Waals surface area (Å²) in [6, 6.07) is 18.0. The molecule has 198 valence electrons. The van der Waals surface area contributed by atoms with Gasteiger partial charge in [0.05, 0.1) is 12.5 Å². The zero-order valence-electron chi connectivity index (χ0n) is 21.9. The topological polar surface area (TPSA) is 99.7 Å².